The summed E-state index contributed by atoms with van der Waals surface area (Å²) in [4.78, 5) is 12.2. The molecule has 23 heavy (non-hydrogen) atoms. The smallest absolute Gasteiger partial charge is 0.171 e. The molecular weight excluding hydrogens is 308 g/mol. The molecule has 1 atom stereocenters. The Morgan fingerprint density at radius 2 is 1.87 bits per heavy atom. The van der Waals surface area contributed by atoms with Gasteiger partial charge in [0.15, 0.2) is 10.9 Å². The highest BCUT2D eigenvalue weighted by molar-refractivity contribution is 7.80. The van der Waals surface area contributed by atoms with Crippen LogP contribution in [0.2, 0.25) is 0 Å². The number of rotatable bonds is 3. The molecule has 0 aromatic heterocycles. The minimum Gasteiger partial charge on any atom is -0.496 e. The maximum atomic E-state index is 12.2. The van der Waals surface area contributed by atoms with Crippen molar-refractivity contribution in [2.45, 2.75) is 19.9 Å². The van der Waals surface area contributed by atoms with Crippen LogP contribution in [0.5, 0.6) is 5.75 Å². The number of ether oxygens (including phenoxy) is 1. The number of hydrogen-bond donors (Lipinski definition) is 2. The second kappa shape index (κ2) is 6.01. The van der Waals surface area contributed by atoms with Crippen molar-refractivity contribution >= 4 is 33.9 Å². The lowest BCUT2D eigenvalue weighted by atomic mass is 9.89. The standard InChI is InChI=1S/C18H18N2O2S/c1-10-16(11(2)21)17(20-18(23)19-10)14-8-9-15(22-3)13-7-5-4-6-12(13)14/h4-9,17H,1-3H3,(H2,19,20,23)/t17-/m1/s1. The van der Waals surface area contributed by atoms with Gasteiger partial charge in [-0.1, -0.05) is 30.3 Å². The van der Waals surface area contributed by atoms with E-state index in [0.29, 0.717) is 10.7 Å². The van der Waals surface area contributed by atoms with Crippen molar-refractivity contribution in [2.24, 2.45) is 0 Å². The fourth-order valence-electron chi connectivity index (χ4n) is 3.12. The number of methoxy groups -OCH3 is 1. The summed E-state index contributed by atoms with van der Waals surface area (Å²) in [6.07, 6.45) is 0. The van der Waals surface area contributed by atoms with Gasteiger partial charge in [-0.05, 0) is 43.1 Å². The van der Waals surface area contributed by atoms with Crippen molar-refractivity contribution in [3.8, 4) is 5.75 Å². The highest BCUT2D eigenvalue weighted by Gasteiger charge is 2.29. The molecule has 0 bridgehead atoms. The number of carbonyl (C=O) groups excluding carboxylic acids is 1. The van der Waals surface area contributed by atoms with E-state index in [1.54, 1.807) is 14.0 Å². The summed E-state index contributed by atoms with van der Waals surface area (Å²) < 4.78 is 5.45. The minimum atomic E-state index is -0.267. The Kier molecular flexibility index (Phi) is 4.05. The molecule has 118 valence electrons. The van der Waals surface area contributed by atoms with Crippen LogP contribution in [0.15, 0.2) is 47.7 Å². The summed E-state index contributed by atoms with van der Waals surface area (Å²) in [5, 5.41) is 8.84. The monoisotopic (exact) mass is 326 g/mol. The zero-order chi connectivity index (χ0) is 16.6. The molecule has 4 nitrogen and oxygen atoms in total. The zero-order valence-corrected chi connectivity index (χ0v) is 14.1. The van der Waals surface area contributed by atoms with E-state index in [1.807, 2.05) is 43.3 Å². The van der Waals surface area contributed by atoms with Gasteiger partial charge in [0.2, 0.25) is 0 Å². The molecule has 1 aliphatic heterocycles. The van der Waals surface area contributed by atoms with Crippen LogP contribution in [0.1, 0.15) is 25.5 Å². The van der Waals surface area contributed by atoms with Crippen LogP contribution in [0.3, 0.4) is 0 Å². The van der Waals surface area contributed by atoms with Gasteiger partial charge in [-0.3, -0.25) is 4.79 Å². The summed E-state index contributed by atoms with van der Waals surface area (Å²) >= 11 is 5.28. The molecule has 0 aliphatic carbocycles. The first-order valence-corrected chi connectivity index (χ1v) is 7.78. The molecule has 1 aliphatic rings. The van der Waals surface area contributed by atoms with Gasteiger partial charge in [0.25, 0.3) is 0 Å². The Morgan fingerprint density at radius 1 is 1.17 bits per heavy atom. The van der Waals surface area contributed by atoms with Crippen molar-refractivity contribution in [3.05, 3.63) is 53.2 Å². The average molecular weight is 326 g/mol. The van der Waals surface area contributed by atoms with Crippen LogP contribution in [0.25, 0.3) is 10.8 Å². The normalized spacial score (nSPS) is 17.7. The molecule has 2 aromatic rings. The maximum absolute atomic E-state index is 12.2. The Labute approximate surface area is 140 Å². The number of thiocarbonyl (C=S) groups is 1. The molecule has 0 saturated carbocycles. The van der Waals surface area contributed by atoms with Crippen LogP contribution in [-0.4, -0.2) is 18.0 Å². The third kappa shape index (κ3) is 2.68. The van der Waals surface area contributed by atoms with Crippen LogP contribution >= 0.6 is 12.2 Å². The van der Waals surface area contributed by atoms with Gasteiger partial charge in [0.05, 0.1) is 13.2 Å². The number of nitrogens with one attached hydrogen (secondary N) is 2. The number of allylic oxidation sites excluding steroid dienone is 1. The molecule has 0 spiro atoms. The quantitative estimate of drug-likeness (QED) is 0.848. The molecule has 1 heterocycles. The van der Waals surface area contributed by atoms with Crippen LogP contribution in [0, 0.1) is 0 Å². The molecule has 3 rings (SSSR count). The number of ketones is 1. The van der Waals surface area contributed by atoms with E-state index in [9.17, 15) is 4.79 Å². The van der Waals surface area contributed by atoms with Crippen molar-refractivity contribution in [1.29, 1.82) is 0 Å². The lowest BCUT2D eigenvalue weighted by Crippen LogP contribution is -2.44. The Bertz CT molecular complexity index is 842. The summed E-state index contributed by atoms with van der Waals surface area (Å²) in [7, 11) is 1.66. The predicted octanol–water partition coefficient (Wildman–Crippen LogP) is 3.23. The number of benzene rings is 2. The summed E-state index contributed by atoms with van der Waals surface area (Å²) in [5.74, 6) is 0.834. The van der Waals surface area contributed by atoms with Crippen molar-refractivity contribution in [3.63, 3.8) is 0 Å². The molecular formula is C18H18N2O2S. The fourth-order valence-corrected chi connectivity index (χ4v) is 3.39. The SMILES string of the molecule is COc1ccc([C@H]2NC(=S)NC(C)=C2C(C)=O)c2ccccc12. The molecule has 0 radical (unpaired) electrons. The molecule has 0 saturated heterocycles. The first kappa shape index (κ1) is 15.5. The van der Waals surface area contributed by atoms with Crippen LogP contribution in [0.4, 0.5) is 0 Å². The largest absolute Gasteiger partial charge is 0.496 e. The summed E-state index contributed by atoms with van der Waals surface area (Å²) in [6, 6.07) is 11.7. The Hall–Kier alpha value is -2.40. The molecule has 0 unspecified atom stereocenters. The third-order valence-electron chi connectivity index (χ3n) is 4.10. The van der Waals surface area contributed by atoms with E-state index < -0.39 is 0 Å². The van der Waals surface area contributed by atoms with E-state index >= 15 is 0 Å². The lowest BCUT2D eigenvalue weighted by molar-refractivity contribution is -0.114. The summed E-state index contributed by atoms with van der Waals surface area (Å²) in [5.41, 5.74) is 2.51. The zero-order valence-electron chi connectivity index (χ0n) is 13.3. The van der Waals surface area contributed by atoms with Crippen molar-refractivity contribution in [2.75, 3.05) is 7.11 Å². The molecule has 2 aromatic carbocycles. The number of carbonyl (C=O) groups is 1. The molecule has 0 amide bonds. The van der Waals surface area contributed by atoms with E-state index in [1.165, 1.54) is 0 Å². The number of fused-ring (bicyclic) bond motifs is 1. The van der Waals surface area contributed by atoms with E-state index in [4.69, 9.17) is 17.0 Å². The minimum absolute atomic E-state index is 0.0231. The third-order valence-corrected chi connectivity index (χ3v) is 4.32. The highest BCUT2D eigenvalue weighted by atomic mass is 32.1. The van der Waals surface area contributed by atoms with Gasteiger partial charge in [-0.2, -0.15) is 0 Å². The first-order valence-electron chi connectivity index (χ1n) is 7.37. The van der Waals surface area contributed by atoms with Gasteiger partial charge < -0.3 is 15.4 Å². The number of hydrogen-bond acceptors (Lipinski definition) is 3. The molecule has 0 fully saturated rings. The van der Waals surface area contributed by atoms with Gasteiger partial charge in [-0.15, -0.1) is 0 Å². The average Bonchev–Trinajstić information content (AvgIpc) is 2.52. The highest BCUT2D eigenvalue weighted by Crippen LogP contribution is 2.35. The first-order chi connectivity index (χ1) is 11.0. The van der Waals surface area contributed by atoms with E-state index in [-0.39, 0.29) is 11.8 Å². The lowest BCUT2D eigenvalue weighted by Gasteiger charge is -2.30. The summed E-state index contributed by atoms with van der Waals surface area (Å²) in [6.45, 7) is 3.46. The fraction of sp³-hybridized carbons (Fsp3) is 0.222. The van der Waals surface area contributed by atoms with Gasteiger partial charge in [0.1, 0.15) is 5.75 Å². The van der Waals surface area contributed by atoms with Crippen LogP contribution in [-0.2, 0) is 4.79 Å². The maximum Gasteiger partial charge on any atom is 0.171 e. The Morgan fingerprint density at radius 3 is 2.52 bits per heavy atom. The molecule has 2 N–H and O–H groups in total. The topological polar surface area (TPSA) is 50.4 Å². The van der Waals surface area contributed by atoms with Crippen molar-refractivity contribution in [1.82, 2.24) is 10.6 Å². The van der Waals surface area contributed by atoms with Gasteiger partial charge in [0, 0.05) is 16.7 Å². The number of Topliss-reactive ketones (excluding diaryl/α,β-unsaturated/α-hetero) is 1. The van der Waals surface area contributed by atoms with Crippen molar-refractivity contribution < 1.29 is 9.53 Å². The van der Waals surface area contributed by atoms with E-state index in [2.05, 4.69) is 10.6 Å². The molecule has 5 heteroatoms. The predicted molar refractivity (Wildman–Crippen MR) is 95.5 cm³/mol. The Balaban J connectivity index is 2.25. The second-order valence-electron chi connectivity index (χ2n) is 5.53. The van der Waals surface area contributed by atoms with Gasteiger partial charge in [-0.25, -0.2) is 0 Å². The van der Waals surface area contributed by atoms with Crippen LogP contribution < -0.4 is 15.4 Å². The van der Waals surface area contributed by atoms with Gasteiger partial charge >= 0.3 is 0 Å². The second-order valence-corrected chi connectivity index (χ2v) is 5.94. The van der Waals surface area contributed by atoms with E-state index in [0.717, 1.165) is 27.8 Å².